The van der Waals surface area contributed by atoms with E-state index < -0.39 is 11.9 Å². The molecule has 1 aromatic carbocycles. The Kier molecular flexibility index (Phi) is 5.96. The van der Waals surface area contributed by atoms with E-state index in [4.69, 9.17) is 10.2 Å². The summed E-state index contributed by atoms with van der Waals surface area (Å²) in [5.41, 5.74) is 7.86. The largest absolute Gasteiger partial charge is 0.478 e. The van der Waals surface area contributed by atoms with Gasteiger partial charge in [-0.2, -0.15) is 0 Å². The maximum absolute atomic E-state index is 11.1. The number of aromatic carboxylic acids is 2. The summed E-state index contributed by atoms with van der Waals surface area (Å²) in [6.45, 7) is 9.80. The van der Waals surface area contributed by atoms with Crippen molar-refractivity contribution in [2.45, 2.75) is 40.8 Å². The first-order chi connectivity index (χ1) is 14.2. The van der Waals surface area contributed by atoms with Gasteiger partial charge >= 0.3 is 11.9 Å². The summed E-state index contributed by atoms with van der Waals surface area (Å²) in [5, 5.41) is 18.2. The van der Waals surface area contributed by atoms with Gasteiger partial charge in [-0.15, -0.1) is 0 Å². The van der Waals surface area contributed by atoms with E-state index in [2.05, 4.69) is 27.7 Å². The summed E-state index contributed by atoms with van der Waals surface area (Å²) in [6.07, 6.45) is 7.17. The molecule has 0 bridgehead atoms. The van der Waals surface area contributed by atoms with Crippen LogP contribution in [0.25, 0.3) is 0 Å². The predicted molar refractivity (Wildman–Crippen MR) is 111 cm³/mol. The number of rotatable bonds is 6. The number of hydrogen-bond acceptors (Lipinski definition) is 2. The zero-order valence-electron chi connectivity index (χ0n) is 17.6. The van der Waals surface area contributed by atoms with E-state index in [0.717, 1.165) is 0 Å². The lowest BCUT2D eigenvalue weighted by atomic mass is 9.88. The van der Waals surface area contributed by atoms with Crippen LogP contribution in [0, 0.1) is 27.7 Å². The molecule has 6 heteroatoms. The van der Waals surface area contributed by atoms with Crippen LogP contribution in [-0.4, -0.2) is 22.2 Å². The van der Waals surface area contributed by atoms with Crippen molar-refractivity contribution in [1.29, 1.82) is 0 Å². The van der Waals surface area contributed by atoms with E-state index >= 15 is 0 Å². The van der Waals surface area contributed by atoms with Crippen LogP contribution < -0.4 is 9.13 Å². The van der Waals surface area contributed by atoms with Gasteiger partial charge in [0, 0.05) is 35.4 Å². The molecule has 0 unspecified atom stereocenters. The number of benzene rings is 1. The van der Waals surface area contributed by atoms with Crippen LogP contribution in [0.15, 0.2) is 49.1 Å². The maximum atomic E-state index is 11.1. The molecule has 2 heterocycles. The fourth-order valence-corrected chi connectivity index (χ4v) is 3.72. The quantitative estimate of drug-likeness (QED) is 0.617. The van der Waals surface area contributed by atoms with Gasteiger partial charge in [-0.3, -0.25) is 0 Å². The molecule has 154 valence electrons. The van der Waals surface area contributed by atoms with Gasteiger partial charge in [-0.1, -0.05) is 0 Å². The van der Waals surface area contributed by atoms with Crippen LogP contribution in [0.3, 0.4) is 0 Å². The highest BCUT2D eigenvalue weighted by molar-refractivity contribution is 5.87. The number of nitrogens with zero attached hydrogens (tertiary/aromatic N) is 2. The molecule has 0 saturated carbocycles. The summed E-state index contributed by atoms with van der Waals surface area (Å²) in [7, 11) is 0. The van der Waals surface area contributed by atoms with Crippen LogP contribution in [0.1, 0.15) is 54.1 Å². The smallest absolute Gasteiger partial charge is 0.336 e. The zero-order chi connectivity index (χ0) is 22.0. The van der Waals surface area contributed by atoms with Gasteiger partial charge in [0.15, 0.2) is 37.9 Å². The van der Waals surface area contributed by atoms with Gasteiger partial charge < -0.3 is 10.2 Å². The van der Waals surface area contributed by atoms with Crippen molar-refractivity contribution in [3.63, 3.8) is 0 Å². The molecule has 0 aliphatic carbocycles. The van der Waals surface area contributed by atoms with Crippen LogP contribution in [0.5, 0.6) is 0 Å². The van der Waals surface area contributed by atoms with E-state index in [9.17, 15) is 9.59 Å². The van der Waals surface area contributed by atoms with E-state index in [0.29, 0.717) is 13.1 Å². The fourth-order valence-electron chi connectivity index (χ4n) is 3.72. The van der Waals surface area contributed by atoms with Crippen molar-refractivity contribution in [1.82, 2.24) is 0 Å². The molecular weight excluding hydrogens is 380 g/mol. The summed E-state index contributed by atoms with van der Waals surface area (Å²) in [4.78, 5) is 22.1. The number of aromatic nitrogens is 2. The molecule has 3 aromatic rings. The molecule has 0 amide bonds. The summed E-state index contributed by atoms with van der Waals surface area (Å²) >= 11 is 0. The van der Waals surface area contributed by atoms with Crippen molar-refractivity contribution in [3.8, 4) is 0 Å². The standard InChI is InChI=1S/C24H24N2O4/c1-15-16(2)22(14-26-11-7-20(8-12-26)24(29)30)18(4)17(3)21(15)13-25-9-5-19(6-10-25)23(27)28/h5-12H,13-14H2,1-4H3/p+2. The van der Waals surface area contributed by atoms with Crippen molar-refractivity contribution in [3.05, 3.63) is 93.6 Å². The van der Waals surface area contributed by atoms with Gasteiger partial charge in [-0.05, 0) is 49.9 Å². The zero-order valence-corrected chi connectivity index (χ0v) is 17.6. The van der Waals surface area contributed by atoms with E-state index in [1.54, 1.807) is 49.1 Å². The molecule has 2 aromatic heterocycles. The normalized spacial score (nSPS) is 10.8. The Morgan fingerprint density at radius 3 is 1.13 bits per heavy atom. The molecule has 2 N–H and O–H groups in total. The SMILES string of the molecule is Cc1c(C)c(C[n+]2ccc(C(=O)O)cc2)c(C)c(C)c1C[n+]1ccc(C(=O)O)cc1. The number of pyridine rings is 2. The first-order valence-electron chi connectivity index (χ1n) is 9.72. The first kappa shape index (κ1) is 21.2. The van der Waals surface area contributed by atoms with Crippen LogP contribution in [0.2, 0.25) is 0 Å². The van der Waals surface area contributed by atoms with Crippen molar-refractivity contribution in [2.24, 2.45) is 0 Å². The monoisotopic (exact) mass is 406 g/mol. The molecule has 30 heavy (non-hydrogen) atoms. The molecule has 0 radical (unpaired) electrons. The minimum Gasteiger partial charge on any atom is -0.478 e. The Bertz CT molecular complexity index is 998. The van der Waals surface area contributed by atoms with E-state index in [1.165, 1.54) is 33.4 Å². The number of carbonyl (C=O) groups is 2. The van der Waals surface area contributed by atoms with Gasteiger partial charge in [0.2, 0.25) is 0 Å². The van der Waals surface area contributed by atoms with Gasteiger partial charge in [0.05, 0.1) is 11.1 Å². The topological polar surface area (TPSA) is 82.4 Å². The molecule has 0 atom stereocenters. The molecule has 0 spiro atoms. The summed E-state index contributed by atoms with van der Waals surface area (Å²) in [5.74, 6) is -1.86. The van der Waals surface area contributed by atoms with E-state index in [1.807, 2.05) is 9.13 Å². The second-order valence-electron chi connectivity index (χ2n) is 7.59. The Morgan fingerprint density at radius 2 is 0.900 bits per heavy atom. The molecular formula is C24H26N2O4+2. The fraction of sp³-hybridized carbons (Fsp3) is 0.250. The van der Waals surface area contributed by atoms with Gasteiger partial charge in [-0.25, -0.2) is 18.7 Å². The number of carboxylic acid groups (broad SMARTS) is 2. The average molecular weight is 406 g/mol. The third kappa shape index (κ3) is 4.22. The summed E-state index contributed by atoms with van der Waals surface area (Å²) in [6, 6.07) is 6.44. The highest BCUT2D eigenvalue weighted by Gasteiger charge is 2.20. The Labute approximate surface area is 175 Å². The van der Waals surface area contributed by atoms with Crippen LogP contribution >= 0.6 is 0 Å². The van der Waals surface area contributed by atoms with E-state index in [-0.39, 0.29) is 11.1 Å². The number of carboxylic acids is 2. The van der Waals surface area contributed by atoms with Crippen molar-refractivity contribution >= 4 is 11.9 Å². The molecule has 0 fully saturated rings. The van der Waals surface area contributed by atoms with Crippen LogP contribution in [0.4, 0.5) is 0 Å². The highest BCUT2D eigenvalue weighted by atomic mass is 16.4. The second-order valence-corrected chi connectivity index (χ2v) is 7.59. The minimum absolute atomic E-state index is 0.272. The Balaban J connectivity index is 1.93. The third-order valence-electron chi connectivity index (χ3n) is 5.89. The second kappa shape index (κ2) is 8.45. The van der Waals surface area contributed by atoms with Crippen molar-refractivity contribution in [2.75, 3.05) is 0 Å². The molecule has 0 aliphatic heterocycles. The lowest BCUT2D eigenvalue weighted by Gasteiger charge is -2.18. The van der Waals surface area contributed by atoms with Gasteiger partial charge in [0.25, 0.3) is 0 Å². The predicted octanol–water partition coefficient (Wildman–Crippen LogP) is 2.99. The summed E-state index contributed by atoms with van der Waals surface area (Å²) < 4.78 is 3.97. The molecule has 0 aliphatic rings. The molecule has 3 rings (SSSR count). The number of hydrogen-bond donors (Lipinski definition) is 2. The first-order valence-corrected chi connectivity index (χ1v) is 9.72. The minimum atomic E-state index is -0.931. The Morgan fingerprint density at radius 1 is 0.633 bits per heavy atom. The lowest BCUT2D eigenvalue weighted by molar-refractivity contribution is -0.689. The molecule has 6 nitrogen and oxygen atoms in total. The lowest BCUT2D eigenvalue weighted by Crippen LogP contribution is -2.36. The highest BCUT2D eigenvalue weighted by Crippen LogP contribution is 2.26. The van der Waals surface area contributed by atoms with Crippen LogP contribution in [-0.2, 0) is 13.1 Å². The average Bonchev–Trinajstić information content (AvgIpc) is 2.73. The molecule has 0 saturated heterocycles. The Hall–Kier alpha value is -3.54. The van der Waals surface area contributed by atoms with Crippen molar-refractivity contribution < 1.29 is 28.9 Å². The van der Waals surface area contributed by atoms with Gasteiger partial charge in [0.1, 0.15) is 0 Å². The third-order valence-corrected chi connectivity index (χ3v) is 5.89. The maximum Gasteiger partial charge on any atom is 0.336 e.